The Morgan fingerprint density at radius 2 is 2.25 bits per heavy atom. The molecule has 1 saturated heterocycles. The van der Waals surface area contributed by atoms with Gasteiger partial charge in [-0.1, -0.05) is 12.1 Å². The molecule has 6 nitrogen and oxygen atoms in total. The van der Waals surface area contributed by atoms with E-state index < -0.39 is 0 Å². The van der Waals surface area contributed by atoms with Gasteiger partial charge in [-0.05, 0) is 38.8 Å². The van der Waals surface area contributed by atoms with Crippen molar-refractivity contribution in [1.29, 1.82) is 5.26 Å². The van der Waals surface area contributed by atoms with Crippen LogP contribution in [0.25, 0.3) is 0 Å². The maximum absolute atomic E-state index is 9.38. The molecule has 150 valence electrons. The van der Waals surface area contributed by atoms with Crippen molar-refractivity contribution in [2.45, 2.75) is 39.3 Å². The van der Waals surface area contributed by atoms with Crippen molar-refractivity contribution in [2.24, 2.45) is 4.99 Å². The van der Waals surface area contributed by atoms with Crippen LogP contribution in [-0.4, -0.2) is 36.6 Å². The van der Waals surface area contributed by atoms with E-state index in [1.165, 1.54) is 4.88 Å². The number of hydrogen-bond donors (Lipinski definition) is 2. The van der Waals surface area contributed by atoms with E-state index in [-0.39, 0.29) is 24.0 Å². The summed E-state index contributed by atoms with van der Waals surface area (Å²) in [5, 5.41) is 17.3. The SMILES string of the molecule is CCNC(=NCc1ncc(C)s1)NC1CCCN(c2ccccc2C#N)C1.I. The van der Waals surface area contributed by atoms with Crippen LogP contribution in [0.4, 0.5) is 5.69 Å². The van der Waals surface area contributed by atoms with E-state index >= 15 is 0 Å². The lowest BCUT2D eigenvalue weighted by atomic mass is 10.0. The van der Waals surface area contributed by atoms with Gasteiger partial charge < -0.3 is 15.5 Å². The predicted molar refractivity (Wildman–Crippen MR) is 127 cm³/mol. The van der Waals surface area contributed by atoms with Gasteiger partial charge >= 0.3 is 0 Å². The summed E-state index contributed by atoms with van der Waals surface area (Å²) in [6, 6.07) is 10.4. The lowest BCUT2D eigenvalue weighted by Gasteiger charge is -2.35. The van der Waals surface area contributed by atoms with E-state index in [0.717, 1.165) is 54.7 Å². The number of halogens is 1. The molecule has 2 heterocycles. The standard InChI is InChI=1S/C20H26N6S.HI/c1-3-22-20(24-13-19-23-12-15(2)27-19)25-17-8-6-10-26(14-17)18-9-5-4-7-16(18)11-21;/h4-5,7,9,12,17H,3,6,8,10,13-14H2,1-2H3,(H2,22,24,25);1H. The number of hydrogen-bond acceptors (Lipinski definition) is 5. The van der Waals surface area contributed by atoms with Gasteiger partial charge in [0.25, 0.3) is 0 Å². The molecule has 2 N–H and O–H groups in total. The third-order valence-electron chi connectivity index (χ3n) is 4.51. The van der Waals surface area contributed by atoms with Gasteiger partial charge in [0.15, 0.2) is 5.96 Å². The van der Waals surface area contributed by atoms with E-state index in [1.54, 1.807) is 11.3 Å². The van der Waals surface area contributed by atoms with Gasteiger partial charge in [0.1, 0.15) is 11.1 Å². The molecule has 1 atom stereocenters. The number of aryl methyl sites for hydroxylation is 1. The van der Waals surface area contributed by atoms with E-state index in [9.17, 15) is 5.26 Å². The molecule has 3 rings (SSSR count). The third kappa shape index (κ3) is 6.07. The van der Waals surface area contributed by atoms with Crippen molar-refractivity contribution in [3.8, 4) is 6.07 Å². The van der Waals surface area contributed by atoms with Crippen molar-refractivity contribution in [3.63, 3.8) is 0 Å². The first-order valence-electron chi connectivity index (χ1n) is 9.39. The molecule has 0 bridgehead atoms. The first-order chi connectivity index (χ1) is 13.2. The van der Waals surface area contributed by atoms with Crippen molar-refractivity contribution in [3.05, 3.63) is 45.9 Å². The summed E-state index contributed by atoms with van der Waals surface area (Å²) in [7, 11) is 0. The molecule has 1 aliphatic heterocycles. The van der Waals surface area contributed by atoms with Crippen LogP contribution in [-0.2, 0) is 6.54 Å². The largest absolute Gasteiger partial charge is 0.368 e. The number of rotatable bonds is 5. The minimum absolute atomic E-state index is 0. The Morgan fingerprint density at radius 3 is 2.96 bits per heavy atom. The summed E-state index contributed by atoms with van der Waals surface area (Å²) < 4.78 is 0. The number of guanidine groups is 1. The van der Waals surface area contributed by atoms with Crippen LogP contribution in [0.2, 0.25) is 0 Å². The Labute approximate surface area is 188 Å². The highest BCUT2D eigenvalue weighted by Crippen LogP contribution is 2.23. The first-order valence-corrected chi connectivity index (χ1v) is 10.2. The normalized spacial score (nSPS) is 16.8. The molecule has 0 saturated carbocycles. The summed E-state index contributed by atoms with van der Waals surface area (Å²) >= 11 is 1.68. The molecule has 28 heavy (non-hydrogen) atoms. The highest BCUT2D eigenvalue weighted by molar-refractivity contribution is 14.0. The smallest absolute Gasteiger partial charge is 0.191 e. The summed E-state index contributed by atoms with van der Waals surface area (Å²) in [5.74, 6) is 0.825. The predicted octanol–water partition coefficient (Wildman–Crippen LogP) is 3.67. The zero-order valence-corrected chi connectivity index (χ0v) is 19.5. The molecule has 0 radical (unpaired) electrons. The summed E-state index contributed by atoms with van der Waals surface area (Å²) in [6.07, 6.45) is 4.07. The van der Waals surface area contributed by atoms with Crippen LogP contribution in [0, 0.1) is 18.3 Å². The minimum atomic E-state index is 0. The zero-order valence-electron chi connectivity index (χ0n) is 16.3. The number of piperidine rings is 1. The van der Waals surface area contributed by atoms with Gasteiger partial charge in [0, 0.05) is 36.8 Å². The molecule has 1 aliphatic rings. The Bertz CT molecular complexity index is 828. The Kier molecular flexibility index (Phi) is 8.99. The average Bonchev–Trinajstić information content (AvgIpc) is 3.12. The lowest BCUT2D eigenvalue weighted by molar-refractivity contribution is 0.468. The molecule has 1 fully saturated rings. The number of nitrogens with one attached hydrogen (secondary N) is 2. The number of nitrogens with zero attached hydrogens (tertiary/aromatic N) is 4. The van der Waals surface area contributed by atoms with Crippen molar-refractivity contribution in [1.82, 2.24) is 15.6 Å². The molecule has 0 aliphatic carbocycles. The van der Waals surface area contributed by atoms with E-state index in [1.807, 2.05) is 30.5 Å². The molecule has 2 aromatic rings. The van der Waals surface area contributed by atoms with Gasteiger partial charge in [0.05, 0.1) is 17.8 Å². The second-order valence-corrected chi connectivity index (χ2v) is 7.94. The zero-order chi connectivity index (χ0) is 19.1. The maximum atomic E-state index is 9.38. The van der Waals surface area contributed by atoms with Crippen LogP contribution < -0.4 is 15.5 Å². The summed E-state index contributed by atoms with van der Waals surface area (Å²) in [5.41, 5.74) is 1.75. The number of para-hydroxylation sites is 1. The number of benzene rings is 1. The molecule has 1 aromatic heterocycles. The van der Waals surface area contributed by atoms with E-state index in [4.69, 9.17) is 4.99 Å². The number of thiazole rings is 1. The number of nitriles is 1. The average molecular weight is 510 g/mol. The fourth-order valence-electron chi connectivity index (χ4n) is 3.29. The molecular formula is C20H27IN6S. The maximum Gasteiger partial charge on any atom is 0.191 e. The third-order valence-corrected chi connectivity index (χ3v) is 5.41. The fourth-order valence-corrected chi connectivity index (χ4v) is 4.00. The van der Waals surface area contributed by atoms with Crippen LogP contribution in [0.15, 0.2) is 35.5 Å². The topological polar surface area (TPSA) is 76.3 Å². The highest BCUT2D eigenvalue weighted by Gasteiger charge is 2.22. The van der Waals surface area contributed by atoms with E-state index in [2.05, 4.69) is 40.4 Å². The second-order valence-electron chi connectivity index (χ2n) is 6.62. The molecule has 0 spiro atoms. The molecular weight excluding hydrogens is 483 g/mol. The van der Waals surface area contributed by atoms with Gasteiger partial charge in [-0.15, -0.1) is 35.3 Å². The lowest BCUT2D eigenvalue weighted by Crippen LogP contribution is -2.51. The van der Waals surface area contributed by atoms with Gasteiger partial charge in [-0.2, -0.15) is 5.26 Å². The van der Waals surface area contributed by atoms with Crippen molar-refractivity contribution < 1.29 is 0 Å². The molecule has 8 heteroatoms. The monoisotopic (exact) mass is 510 g/mol. The van der Waals surface area contributed by atoms with Crippen molar-refractivity contribution in [2.75, 3.05) is 24.5 Å². The molecule has 1 unspecified atom stereocenters. The number of anilines is 1. The van der Waals surface area contributed by atoms with Gasteiger partial charge in [0.2, 0.25) is 0 Å². The second kappa shape index (κ2) is 11.2. The number of aliphatic imine (C=N–C) groups is 1. The van der Waals surface area contributed by atoms with Crippen LogP contribution in [0.5, 0.6) is 0 Å². The highest BCUT2D eigenvalue weighted by atomic mass is 127. The first kappa shape index (κ1) is 22.4. The number of aromatic nitrogens is 1. The fraction of sp³-hybridized carbons (Fsp3) is 0.450. The van der Waals surface area contributed by atoms with E-state index in [0.29, 0.717) is 12.6 Å². The van der Waals surface area contributed by atoms with Crippen LogP contribution >= 0.6 is 35.3 Å². The minimum Gasteiger partial charge on any atom is -0.368 e. The Morgan fingerprint density at radius 1 is 1.43 bits per heavy atom. The van der Waals surface area contributed by atoms with Gasteiger partial charge in [-0.3, -0.25) is 0 Å². The molecule has 0 amide bonds. The van der Waals surface area contributed by atoms with Crippen LogP contribution in [0.3, 0.4) is 0 Å². The van der Waals surface area contributed by atoms with Gasteiger partial charge in [-0.25, -0.2) is 9.98 Å². The molecule has 1 aromatic carbocycles. The Balaban J connectivity index is 0.00000280. The Hall–Kier alpha value is -1.86. The summed E-state index contributed by atoms with van der Waals surface area (Å²) in [6.45, 7) is 7.37. The van der Waals surface area contributed by atoms with Crippen LogP contribution in [0.1, 0.15) is 35.2 Å². The quantitative estimate of drug-likeness (QED) is 0.365. The summed E-state index contributed by atoms with van der Waals surface area (Å²) in [4.78, 5) is 12.6. The van der Waals surface area contributed by atoms with Crippen molar-refractivity contribution >= 4 is 47.0 Å².